The van der Waals surface area contributed by atoms with Gasteiger partial charge in [-0.15, -0.1) is 0 Å². The first kappa shape index (κ1) is 12.6. The second-order valence-corrected chi connectivity index (χ2v) is 3.77. The average Bonchev–Trinajstić information content (AvgIpc) is 2.78. The van der Waals surface area contributed by atoms with Crippen molar-refractivity contribution < 1.29 is 4.39 Å². The molecule has 5 N–H and O–H groups in total. The van der Waals surface area contributed by atoms with E-state index in [2.05, 4.69) is 27.1 Å². The maximum atomic E-state index is 13.1. The number of nitrogens with two attached hydrogens (primary N) is 1. The normalized spacial score (nSPS) is 10.9. The molecule has 2 aromatic heterocycles. The minimum Gasteiger partial charge on any atom is -0.395 e. The zero-order valence-electron chi connectivity index (χ0n) is 10.2. The summed E-state index contributed by atoms with van der Waals surface area (Å²) < 4.78 is 13.1. The van der Waals surface area contributed by atoms with Crippen LogP contribution in [0.2, 0.25) is 0 Å². The van der Waals surface area contributed by atoms with E-state index in [9.17, 15) is 4.39 Å². The summed E-state index contributed by atoms with van der Waals surface area (Å²) in [4.78, 5) is 6.78. The summed E-state index contributed by atoms with van der Waals surface area (Å²) in [7, 11) is 1.68. The minimum atomic E-state index is -0.431. The van der Waals surface area contributed by atoms with E-state index in [4.69, 9.17) is 11.1 Å². The molecule has 0 aliphatic carbocycles. The lowest BCUT2D eigenvalue weighted by molar-refractivity contribution is 0.624. The van der Waals surface area contributed by atoms with E-state index < -0.39 is 5.82 Å². The number of pyridine rings is 1. The first-order chi connectivity index (χ1) is 9.11. The highest BCUT2D eigenvalue weighted by Gasteiger charge is 2.04. The maximum absolute atomic E-state index is 13.1. The van der Waals surface area contributed by atoms with Gasteiger partial charge in [0.1, 0.15) is 17.2 Å². The van der Waals surface area contributed by atoms with E-state index in [1.807, 2.05) is 0 Å². The van der Waals surface area contributed by atoms with Crippen LogP contribution in [-0.4, -0.2) is 22.7 Å². The molecule has 0 bridgehead atoms. The Kier molecular flexibility index (Phi) is 3.48. The van der Waals surface area contributed by atoms with Gasteiger partial charge in [-0.25, -0.2) is 9.37 Å². The smallest absolute Gasteiger partial charge is 0.142 e. The van der Waals surface area contributed by atoms with Crippen LogP contribution in [0.5, 0.6) is 0 Å². The number of hydrogen-bond acceptors (Lipinski definition) is 4. The third-order valence-corrected chi connectivity index (χ3v) is 2.41. The van der Waals surface area contributed by atoms with Crippen molar-refractivity contribution in [2.45, 2.75) is 0 Å². The lowest BCUT2D eigenvalue weighted by Gasteiger charge is -1.95. The van der Waals surface area contributed by atoms with Crippen LogP contribution in [0, 0.1) is 23.1 Å². The molecule has 0 fully saturated rings. The molecule has 0 unspecified atom stereocenters. The van der Waals surface area contributed by atoms with Crippen molar-refractivity contribution in [1.29, 1.82) is 5.41 Å². The van der Waals surface area contributed by atoms with E-state index in [1.165, 1.54) is 12.3 Å². The Labute approximate surface area is 109 Å². The van der Waals surface area contributed by atoms with Gasteiger partial charge in [-0.05, 0) is 12.0 Å². The van der Waals surface area contributed by atoms with Gasteiger partial charge in [-0.3, -0.25) is 5.41 Å². The third kappa shape index (κ3) is 2.72. The molecule has 0 spiro atoms. The van der Waals surface area contributed by atoms with Gasteiger partial charge in [0.2, 0.25) is 0 Å². The monoisotopic (exact) mass is 257 g/mol. The first-order valence-corrected chi connectivity index (χ1v) is 5.48. The average molecular weight is 257 g/mol. The Balaban J connectivity index is 2.35. The molecule has 5 nitrogen and oxygen atoms in total. The zero-order valence-corrected chi connectivity index (χ0v) is 10.2. The fourth-order valence-electron chi connectivity index (χ4n) is 1.51. The molecule has 2 aromatic rings. The third-order valence-electron chi connectivity index (χ3n) is 2.41. The Hall–Kier alpha value is -2.81. The number of H-pyrrole nitrogens is 1. The van der Waals surface area contributed by atoms with Gasteiger partial charge in [0.25, 0.3) is 0 Å². The van der Waals surface area contributed by atoms with E-state index in [1.54, 1.807) is 13.2 Å². The number of nitrogens with one attached hydrogen (secondary N) is 3. The number of fused-ring (bicyclic) bond motifs is 1. The summed E-state index contributed by atoms with van der Waals surface area (Å²) in [6.45, 7) is 0. The lowest BCUT2D eigenvalue weighted by Crippen LogP contribution is -2.12. The fourth-order valence-corrected chi connectivity index (χ4v) is 1.51. The number of halogens is 1. The molecule has 0 aliphatic rings. The van der Waals surface area contributed by atoms with Crippen LogP contribution in [0.25, 0.3) is 11.0 Å². The molecule has 2 heterocycles. The number of nitrogens with zero attached hydrogens (tertiary/aromatic N) is 1. The molecule has 19 heavy (non-hydrogen) atoms. The molecule has 96 valence electrons. The SMILES string of the molecule is CN/C=C(/N)C(=N)C#Cc1c[nH]c2ncc(F)cc12. The standard InChI is InChI=1S/C13H12FN5/c1-17-7-12(16)11(15)3-2-8-5-18-13-10(8)4-9(14)6-19-13/h4-7,15,17H,16H2,1H3,(H,18,19)/b12-7+,15-11?. The van der Waals surface area contributed by atoms with Crippen molar-refractivity contribution in [3.63, 3.8) is 0 Å². The Morgan fingerprint density at radius 1 is 1.63 bits per heavy atom. The van der Waals surface area contributed by atoms with Crippen molar-refractivity contribution in [2.75, 3.05) is 7.05 Å². The Morgan fingerprint density at radius 2 is 2.42 bits per heavy atom. The number of aromatic nitrogens is 2. The molecule has 0 saturated heterocycles. The second-order valence-electron chi connectivity index (χ2n) is 3.77. The van der Waals surface area contributed by atoms with Gasteiger partial charge in [0.15, 0.2) is 0 Å². The molecular formula is C13H12FN5. The lowest BCUT2D eigenvalue weighted by atomic mass is 10.2. The van der Waals surface area contributed by atoms with Crippen molar-refractivity contribution >= 4 is 16.7 Å². The largest absolute Gasteiger partial charge is 0.395 e. The van der Waals surface area contributed by atoms with E-state index in [0.29, 0.717) is 16.6 Å². The van der Waals surface area contributed by atoms with Gasteiger partial charge in [0, 0.05) is 24.8 Å². The predicted octanol–water partition coefficient (Wildman–Crippen LogP) is 1.09. The van der Waals surface area contributed by atoms with Crippen molar-refractivity contribution in [1.82, 2.24) is 15.3 Å². The highest BCUT2D eigenvalue weighted by Crippen LogP contribution is 2.15. The summed E-state index contributed by atoms with van der Waals surface area (Å²) in [6.07, 6.45) is 4.23. The van der Waals surface area contributed by atoms with Crippen LogP contribution >= 0.6 is 0 Å². The molecule has 0 amide bonds. The number of hydrogen-bond donors (Lipinski definition) is 4. The Morgan fingerprint density at radius 3 is 3.16 bits per heavy atom. The Bertz CT molecular complexity index is 717. The molecule has 2 rings (SSSR count). The fraction of sp³-hybridized carbons (Fsp3) is 0.0769. The summed E-state index contributed by atoms with van der Waals surface area (Å²) >= 11 is 0. The predicted molar refractivity (Wildman–Crippen MR) is 72.0 cm³/mol. The van der Waals surface area contributed by atoms with E-state index in [0.717, 1.165) is 6.20 Å². The van der Waals surface area contributed by atoms with Gasteiger partial charge < -0.3 is 16.0 Å². The number of rotatable bonds is 2. The van der Waals surface area contributed by atoms with Crippen LogP contribution in [-0.2, 0) is 0 Å². The van der Waals surface area contributed by atoms with Gasteiger partial charge >= 0.3 is 0 Å². The van der Waals surface area contributed by atoms with Crippen molar-refractivity contribution in [3.05, 3.63) is 41.7 Å². The number of allylic oxidation sites excluding steroid dienone is 1. The molecule has 0 atom stereocenters. The van der Waals surface area contributed by atoms with Crippen LogP contribution < -0.4 is 11.1 Å². The summed E-state index contributed by atoms with van der Waals surface area (Å²) in [5, 5.41) is 10.9. The first-order valence-electron chi connectivity index (χ1n) is 5.48. The van der Waals surface area contributed by atoms with Crippen molar-refractivity contribution in [2.24, 2.45) is 5.73 Å². The molecule has 0 aliphatic heterocycles. The topological polar surface area (TPSA) is 90.6 Å². The molecule has 6 heteroatoms. The van der Waals surface area contributed by atoms with Gasteiger partial charge in [-0.2, -0.15) is 0 Å². The maximum Gasteiger partial charge on any atom is 0.142 e. The van der Waals surface area contributed by atoms with Crippen LogP contribution in [0.4, 0.5) is 4.39 Å². The van der Waals surface area contributed by atoms with Gasteiger partial charge in [0.05, 0.1) is 17.5 Å². The molecule has 0 saturated carbocycles. The summed E-state index contributed by atoms with van der Waals surface area (Å²) in [5.41, 5.74) is 6.95. The summed E-state index contributed by atoms with van der Waals surface area (Å²) in [5.74, 6) is 4.95. The molecular weight excluding hydrogens is 245 g/mol. The summed E-state index contributed by atoms with van der Waals surface area (Å²) in [6, 6.07) is 1.35. The van der Waals surface area contributed by atoms with E-state index in [-0.39, 0.29) is 11.4 Å². The zero-order chi connectivity index (χ0) is 13.8. The molecule has 0 radical (unpaired) electrons. The van der Waals surface area contributed by atoms with Crippen molar-refractivity contribution in [3.8, 4) is 11.8 Å². The van der Waals surface area contributed by atoms with Crippen LogP contribution in [0.1, 0.15) is 5.56 Å². The van der Waals surface area contributed by atoms with Gasteiger partial charge in [-0.1, -0.05) is 5.92 Å². The number of aromatic amines is 1. The molecule has 0 aromatic carbocycles. The van der Waals surface area contributed by atoms with E-state index >= 15 is 0 Å². The minimum absolute atomic E-state index is 0.00642. The quantitative estimate of drug-likeness (QED) is 0.479. The van der Waals surface area contributed by atoms with Crippen LogP contribution in [0.3, 0.4) is 0 Å². The van der Waals surface area contributed by atoms with Crippen LogP contribution in [0.15, 0.2) is 30.4 Å². The highest BCUT2D eigenvalue weighted by molar-refractivity contribution is 6.10. The second kappa shape index (κ2) is 5.23. The highest BCUT2D eigenvalue weighted by atomic mass is 19.1.